The van der Waals surface area contributed by atoms with E-state index >= 15 is 0 Å². The van der Waals surface area contributed by atoms with Crippen molar-refractivity contribution in [3.8, 4) is 0 Å². The summed E-state index contributed by atoms with van der Waals surface area (Å²) < 4.78 is 26.7. The lowest BCUT2D eigenvalue weighted by Crippen LogP contribution is -2.28. The molecule has 1 aromatic heterocycles. The Morgan fingerprint density at radius 3 is 2.82 bits per heavy atom. The quantitative estimate of drug-likeness (QED) is 0.855. The number of alkyl halides is 2. The van der Waals surface area contributed by atoms with Crippen molar-refractivity contribution in [1.82, 2.24) is 20.1 Å². The van der Waals surface area contributed by atoms with Gasteiger partial charge in [0.25, 0.3) is 5.76 Å². The molecule has 1 aliphatic heterocycles. The SMILES string of the molecule is Cc1nnc2n1CCC[C@H]2NCc1ccc(SC(F)F)cc1. The molecular formula is C15H18F2N4S. The molecule has 118 valence electrons. The van der Waals surface area contributed by atoms with Gasteiger partial charge in [-0.25, -0.2) is 0 Å². The lowest BCUT2D eigenvalue weighted by molar-refractivity contribution is 0.252. The van der Waals surface area contributed by atoms with Gasteiger partial charge in [0.2, 0.25) is 0 Å². The first-order valence-corrected chi connectivity index (χ1v) is 8.18. The van der Waals surface area contributed by atoms with Crippen LogP contribution in [0.2, 0.25) is 0 Å². The predicted molar refractivity (Wildman–Crippen MR) is 81.9 cm³/mol. The molecular weight excluding hydrogens is 306 g/mol. The van der Waals surface area contributed by atoms with Gasteiger partial charge in [-0.2, -0.15) is 8.78 Å². The molecule has 0 amide bonds. The minimum absolute atomic E-state index is 0.199. The van der Waals surface area contributed by atoms with E-state index in [1.54, 1.807) is 12.1 Å². The summed E-state index contributed by atoms with van der Waals surface area (Å²) in [4.78, 5) is 0.590. The van der Waals surface area contributed by atoms with Crippen molar-refractivity contribution in [2.75, 3.05) is 0 Å². The topological polar surface area (TPSA) is 42.7 Å². The van der Waals surface area contributed by atoms with Crippen LogP contribution in [0.25, 0.3) is 0 Å². The minimum Gasteiger partial charge on any atom is -0.314 e. The highest BCUT2D eigenvalue weighted by Gasteiger charge is 2.23. The number of hydrogen-bond acceptors (Lipinski definition) is 4. The Balaban J connectivity index is 1.61. The third kappa shape index (κ3) is 3.47. The Hall–Kier alpha value is -1.47. The van der Waals surface area contributed by atoms with E-state index in [0.29, 0.717) is 23.2 Å². The summed E-state index contributed by atoms with van der Waals surface area (Å²) in [6, 6.07) is 7.44. The number of aromatic nitrogens is 3. The highest BCUT2D eigenvalue weighted by molar-refractivity contribution is 7.99. The molecule has 7 heteroatoms. The summed E-state index contributed by atoms with van der Waals surface area (Å²) in [6.45, 7) is 3.64. The van der Waals surface area contributed by atoms with Crippen LogP contribution in [-0.2, 0) is 13.1 Å². The van der Waals surface area contributed by atoms with Crippen LogP contribution >= 0.6 is 11.8 Å². The van der Waals surface area contributed by atoms with Gasteiger partial charge in [-0.05, 0) is 37.5 Å². The molecule has 4 nitrogen and oxygen atoms in total. The van der Waals surface area contributed by atoms with Gasteiger partial charge >= 0.3 is 0 Å². The third-order valence-corrected chi connectivity index (χ3v) is 4.57. The Morgan fingerprint density at radius 1 is 1.32 bits per heavy atom. The molecule has 1 aliphatic rings. The van der Waals surface area contributed by atoms with Crippen LogP contribution in [0, 0.1) is 6.92 Å². The molecule has 0 spiro atoms. The van der Waals surface area contributed by atoms with Gasteiger partial charge in [0, 0.05) is 18.0 Å². The van der Waals surface area contributed by atoms with Gasteiger partial charge in [-0.15, -0.1) is 10.2 Å². The van der Waals surface area contributed by atoms with Crippen LogP contribution in [0.5, 0.6) is 0 Å². The number of nitrogens with zero attached hydrogens (tertiary/aromatic N) is 3. The number of thioether (sulfide) groups is 1. The molecule has 1 aromatic carbocycles. The molecule has 0 bridgehead atoms. The van der Waals surface area contributed by atoms with E-state index in [9.17, 15) is 8.78 Å². The molecule has 2 heterocycles. The van der Waals surface area contributed by atoms with E-state index in [1.165, 1.54) is 0 Å². The van der Waals surface area contributed by atoms with Crippen LogP contribution < -0.4 is 5.32 Å². The Morgan fingerprint density at radius 2 is 2.09 bits per heavy atom. The molecule has 1 N–H and O–H groups in total. The molecule has 3 rings (SSSR count). The van der Waals surface area contributed by atoms with Crippen molar-refractivity contribution in [3.05, 3.63) is 41.5 Å². The zero-order valence-electron chi connectivity index (χ0n) is 12.3. The van der Waals surface area contributed by atoms with Crippen LogP contribution in [0.15, 0.2) is 29.2 Å². The number of halogens is 2. The third-order valence-electron chi connectivity index (χ3n) is 3.85. The fourth-order valence-electron chi connectivity index (χ4n) is 2.74. The van der Waals surface area contributed by atoms with Crippen LogP contribution in [0.4, 0.5) is 8.78 Å². The average molecular weight is 324 g/mol. The van der Waals surface area contributed by atoms with Gasteiger partial charge in [0.1, 0.15) is 11.6 Å². The number of benzene rings is 1. The Labute approximate surface area is 132 Å². The van der Waals surface area contributed by atoms with Gasteiger partial charge in [-0.1, -0.05) is 23.9 Å². The normalized spacial score (nSPS) is 17.7. The van der Waals surface area contributed by atoms with E-state index < -0.39 is 5.76 Å². The fourth-order valence-corrected chi connectivity index (χ4v) is 3.24. The first-order valence-electron chi connectivity index (χ1n) is 7.30. The van der Waals surface area contributed by atoms with Gasteiger partial charge in [-0.3, -0.25) is 0 Å². The van der Waals surface area contributed by atoms with Crippen LogP contribution in [-0.4, -0.2) is 20.5 Å². The van der Waals surface area contributed by atoms with Crippen LogP contribution in [0.3, 0.4) is 0 Å². The van der Waals surface area contributed by atoms with Crippen molar-refractivity contribution in [2.24, 2.45) is 0 Å². The number of hydrogen-bond donors (Lipinski definition) is 1. The van der Waals surface area contributed by atoms with E-state index in [2.05, 4.69) is 20.1 Å². The molecule has 0 saturated carbocycles. The summed E-state index contributed by atoms with van der Waals surface area (Å²) in [5.41, 5.74) is 1.08. The monoisotopic (exact) mass is 324 g/mol. The zero-order valence-corrected chi connectivity index (χ0v) is 13.1. The van der Waals surface area contributed by atoms with E-state index in [1.807, 2.05) is 19.1 Å². The lowest BCUT2D eigenvalue weighted by Gasteiger charge is -2.24. The van der Waals surface area contributed by atoms with E-state index in [0.717, 1.165) is 36.6 Å². The Kier molecular flexibility index (Phi) is 4.73. The van der Waals surface area contributed by atoms with Gasteiger partial charge in [0.05, 0.1) is 6.04 Å². The van der Waals surface area contributed by atoms with E-state index in [-0.39, 0.29) is 6.04 Å². The molecule has 1 atom stereocenters. The maximum atomic E-state index is 12.3. The maximum Gasteiger partial charge on any atom is 0.288 e. The molecule has 0 fully saturated rings. The average Bonchev–Trinajstić information content (AvgIpc) is 2.88. The number of rotatable bonds is 5. The van der Waals surface area contributed by atoms with Crippen molar-refractivity contribution in [3.63, 3.8) is 0 Å². The highest BCUT2D eigenvalue weighted by atomic mass is 32.2. The smallest absolute Gasteiger partial charge is 0.288 e. The predicted octanol–water partition coefficient (Wildman–Crippen LogP) is 3.53. The molecule has 0 unspecified atom stereocenters. The molecule has 0 saturated heterocycles. The van der Waals surface area contributed by atoms with Crippen LogP contribution in [0.1, 0.15) is 36.1 Å². The molecule has 0 radical (unpaired) electrons. The second kappa shape index (κ2) is 6.75. The van der Waals surface area contributed by atoms with Gasteiger partial charge < -0.3 is 9.88 Å². The standard InChI is InChI=1S/C15H18F2N4S/c1-10-19-20-14-13(3-2-8-21(10)14)18-9-11-4-6-12(7-5-11)22-15(16)17/h4-7,13,15,18H,2-3,8-9H2,1H3/t13-/m1/s1. The maximum absolute atomic E-state index is 12.3. The van der Waals surface area contributed by atoms with Crippen molar-refractivity contribution >= 4 is 11.8 Å². The molecule has 2 aromatic rings. The first kappa shape index (κ1) is 15.4. The summed E-state index contributed by atoms with van der Waals surface area (Å²) >= 11 is 0.571. The molecule has 0 aliphatic carbocycles. The van der Waals surface area contributed by atoms with Crippen molar-refractivity contribution < 1.29 is 8.78 Å². The number of aryl methyl sites for hydroxylation is 1. The summed E-state index contributed by atoms with van der Waals surface area (Å²) in [6.07, 6.45) is 2.14. The summed E-state index contributed by atoms with van der Waals surface area (Å²) in [5, 5.41) is 11.9. The largest absolute Gasteiger partial charge is 0.314 e. The van der Waals surface area contributed by atoms with Crippen molar-refractivity contribution in [2.45, 2.75) is 49.5 Å². The lowest BCUT2D eigenvalue weighted by atomic mass is 10.1. The van der Waals surface area contributed by atoms with Gasteiger partial charge in [0.15, 0.2) is 0 Å². The fraction of sp³-hybridized carbons (Fsp3) is 0.467. The molecule has 22 heavy (non-hydrogen) atoms. The number of nitrogens with one attached hydrogen (secondary N) is 1. The Bertz CT molecular complexity index is 627. The first-order chi connectivity index (χ1) is 10.6. The highest BCUT2D eigenvalue weighted by Crippen LogP contribution is 2.26. The number of fused-ring (bicyclic) bond motifs is 1. The summed E-state index contributed by atoms with van der Waals surface area (Å²) in [7, 11) is 0. The van der Waals surface area contributed by atoms with E-state index in [4.69, 9.17) is 0 Å². The second-order valence-corrected chi connectivity index (χ2v) is 6.42. The summed E-state index contributed by atoms with van der Waals surface area (Å²) in [5.74, 6) is -0.427. The zero-order chi connectivity index (χ0) is 15.5. The minimum atomic E-state index is -2.37. The van der Waals surface area contributed by atoms with Crippen molar-refractivity contribution in [1.29, 1.82) is 0 Å². The second-order valence-electron chi connectivity index (χ2n) is 5.36.